The third kappa shape index (κ3) is 6.21. The zero-order valence-electron chi connectivity index (χ0n) is 22.4. The van der Waals surface area contributed by atoms with Crippen LogP contribution in [-0.2, 0) is 16.6 Å². The van der Waals surface area contributed by atoms with Gasteiger partial charge in [-0.3, -0.25) is 14.3 Å². The number of fused-ring (bicyclic) bond motifs is 2. The van der Waals surface area contributed by atoms with E-state index in [1.807, 2.05) is 6.92 Å². The number of urea groups is 1. The Labute approximate surface area is 236 Å². The standard InChI is InChI=1S/C28H31ClN6O5/c1-16-22(14-34(2)33-16)32-26(36)13-20-8-9-23-25(40-20)15-39-24-10-7-19(12-21(24)27(37)35(23)3)31-28(38)30-18-6-4-5-17(29)11-18/h4-7,10-12,14,20,23,25H,8-9,13,15H2,1-3H3,(H,32,36)(H2,30,31,38)/t20-,23+,25-/m0/s1. The van der Waals surface area contributed by atoms with Crippen LogP contribution in [0.5, 0.6) is 5.75 Å². The molecule has 0 spiro atoms. The number of aromatic nitrogens is 2. The van der Waals surface area contributed by atoms with Crippen molar-refractivity contribution in [2.75, 3.05) is 29.6 Å². The van der Waals surface area contributed by atoms with Gasteiger partial charge in [-0.2, -0.15) is 5.10 Å². The summed E-state index contributed by atoms with van der Waals surface area (Å²) in [6, 6.07) is 11.0. The van der Waals surface area contributed by atoms with Crippen LogP contribution in [0.15, 0.2) is 48.7 Å². The van der Waals surface area contributed by atoms with E-state index in [-0.39, 0.29) is 37.0 Å². The van der Waals surface area contributed by atoms with Crippen LogP contribution in [-0.4, -0.2) is 64.4 Å². The molecule has 3 aromatic rings. The Morgan fingerprint density at radius 2 is 1.85 bits per heavy atom. The van der Waals surface area contributed by atoms with Gasteiger partial charge in [0, 0.05) is 36.7 Å². The van der Waals surface area contributed by atoms with Crippen molar-refractivity contribution in [3.8, 4) is 5.75 Å². The molecular formula is C28H31ClN6O5. The topological polar surface area (TPSA) is 127 Å². The summed E-state index contributed by atoms with van der Waals surface area (Å²) in [6.07, 6.45) is 2.55. The maximum atomic E-state index is 13.5. The molecule has 5 rings (SSSR count). The van der Waals surface area contributed by atoms with E-state index in [4.69, 9.17) is 21.1 Å². The number of carbonyl (C=O) groups is 3. The van der Waals surface area contributed by atoms with E-state index < -0.39 is 12.1 Å². The van der Waals surface area contributed by atoms with Gasteiger partial charge in [0.05, 0.1) is 35.5 Å². The van der Waals surface area contributed by atoms with Crippen LogP contribution >= 0.6 is 11.6 Å². The summed E-state index contributed by atoms with van der Waals surface area (Å²) in [7, 11) is 3.54. The molecule has 4 amide bonds. The lowest BCUT2D eigenvalue weighted by atomic mass is 9.94. The third-order valence-electron chi connectivity index (χ3n) is 7.05. The molecule has 1 saturated heterocycles. The Bertz CT molecular complexity index is 1440. The van der Waals surface area contributed by atoms with Gasteiger partial charge in [-0.05, 0) is 56.2 Å². The lowest BCUT2D eigenvalue weighted by Gasteiger charge is -2.42. The van der Waals surface area contributed by atoms with Crippen molar-refractivity contribution in [3.05, 3.63) is 64.9 Å². The minimum Gasteiger partial charge on any atom is -0.490 e. The summed E-state index contributed by atoms with van der Waals surface area (Å²) in [5, 5.41) is 13.1. The number of nitrogens with one attached hydrogen (secondary N) is 3. The van der Waals surface area contributed by atoms with Crippen LogP contribution in [0.2, 0.25) is 5.02 Å². The number of ether oxygens (including phenoxy) is 2. The van der Waals surface area contributed by atoms with Gasteiger partial charge in [-0.25, -0.2) is 4.79 Å². The molecule has 11 nitrogen and oxygen atoms in total. The highest BCUT2D eigenvalue weighted by atomic mass is 35.5. The Balaban J connectivity index is 1.23. The zero-order chi connectivity index (χ0) is 28.4. The normalized spacial score (nSPS) is 20.4. The summed E-state index contributed by atoms with van der Waals surface area (Å²) >= 11 is 5.98. The number of aryl methyl sites for hydroxylation is 2. The molecule has 1 fully saturated rings. The molecule has 0 bridgehead atoms. The van der Waals surface area contributed by atoms with Crippen molar-refractivity contribution in [1.82, 2.24) is 14.7 Å². The van der Waals surface area contributed by atoms with Crippen molar-refractivity contribution in [2.24, 2.45) is 7.05 Å². The van der Waals surface area contributed by atoms with E-state index in [1.165, 1.54) is 0 Å². The predicted molar refractivity (Wildman–Crippen MR) is 151 cm³/mol. The SMILES string of the molecule is Cc1nn(C)cc1NC(=O)C[C@@H]1CC[C@@H]2[C@H](COc3ccc(NC(=O)Nc4cccc(Cl)c4)cc3C(=O)N2C)O1. The van der Waals surface area contributed by atoms with E-state index in [1.54, 1.807) is 72.3 Å². The first-order valence-corrected chi connectivity index (χ1v) is 13.4. The van der Waals surface area contributed by atoms with E-state index in [0.717, 1.165) is 5.69 Å². The first-order valence-electron chi connectivity index (χ1n) is 13.0. The fourth-order valence-electron chi connectivity index (χ4n) is 5.10. The average molecular weight is 567 g/mol. The summed E-state index contributed by atoms with van der Waals surface area (Å²) in [5.41, 5.74) is 2.74. The molecule has 0 unspecified atom stereocenters. The number of nitrogens with zero attached hydrogens (tertiary/aromatic N) is 3. The second-order valence-electron chi connectivity index (χ2n) is 10.0. The van der Waals surface area contributed by atoms with Gasteiger partial charge in [0.25, 0.3) is 5.91 Å². The lowest BCUT2D eigenvalue weighted by molar-refractivity contribution is -0.130. The number of hydrogen-bond donors (Lipinski definition) is 3. The Morgan fingerprint density at radius 1 is 1.07 bits per heavy atom. The van der Waals surface area contributed by atoms with E-state index in [9.17, 15) is 14.4 Å². The second kappa shape index (κ2) is 11.6. The van der Waals surface area contributed by atoms with Gasteiger partial charge in [0.2, 0.25) is 5.91 Å². The van der Waals surface area contributed by atoms with Gasteiger partial charge >= 0.3 is 6.03 Å². The quantitative estimate of drug-likeness (QED) is 0.419. The minimum atomic E-state index is -0.468. The van der Waals surface area contributed by atoms with Gasteiger partial charge in [-0.15, -0.1) is 0 Å². The fraction of sp³-hybridized carbons (Fsp3) is 0.357. The highest BCUT2D eigenvalue weighted by Gasteiger charge is 2.39. The molecule has 1 aromatic heterocycles. The molecule has 2 aromatic carbocycles. The van der Waals surface area contributed by atoms with Crippen LogP contribution < -0.4 is 20.7 Å². The number of carbonyl (C=O) groups excluding carboxylic acids is 3. The van der Waals surface area contributed by atoms with E-state index in [0.29, 0.717) is 46.2 Å². The average Bonchev–Trinajstić information content (AvgIpc) is 3.22. The highest BCUT2D eigenvalue weighted by Crippen LogP contribution is 2.33. The summed E-state index contributed by atoms with van der Waals surface area (Å²) in [4.78, 5) is 40.3. The molecule has 2 aliphatic heterocycles. The predicted octanol–water partition coefficient (Wildman–Crippen LogP) is 4.44. The largest absolute Gasteiger partial charge is 0.490 e. The lowest BCUT2D eigenvalue weighted by Crippen LogP contribution is -2.53. The molecule has 0 saturated carbocycles. The number of benzene rings is 2. The Morgan fingerprint density at radius 3 is 2.58 bits per heavy atom. The fourth-order valence-corrected chi connectivity index (χ4v) is 5.29. The molecular weight excluding hydrogens is 536 g/mol. The Kier molecular flexibility index (Phi) is 7.95. The van der Waals surface area contributed by atoms with Gasteiger partial charge in [-0.1, -0.05) is 17.7 Å². The summed E-state index contributed by atoms with van der Waals surface area (Å²) in [6.45, 7) is 2.06. The van der Waals surface area contributed by atoms with Crippen LogP contribution in [0, 0.1) is 6.92 Å². The number of amides is 4. The molecule has 3 atom stereocenters. The van der Waals surface area contributed by atoms with Crippen LogP contribution in [0.1, 0.15) is 35.3 Å². The minimum absolute atomic E-state index is 0.152. The first-order chi connectivity index (χ1) is 19.2. The summed E-state index contributed by atoms with van der Waals surface area (Å²) in [5.74, 6) is 0.00239. The molecule has 3 N–H and O–H groups in total. The van der Waals surface area contributed by atoms with Gasteiger partial charge in [0.15, 0.2) is 0 Å². The zero-order valence-corrected chi connectivity index (χ0v) is 23.2. The van der Waals surface area contributed by atoms with Crippen molar-refractivity contribution in [2.45, 2.75) is 44.4 Å². The number of rotatable bonds is 5. The van der Waals surface area contributed by atoms with E-state index >= 15 is 0 Å². The van der Waals surface area contributed by atoms with Crippen molar-refractivity contribution >= 4 is 46.5 Å². The maximum absolute atomic E-state index is 13.5. The third-order valence-corrected chi connectivity index (χ3v) is 7.29. The molecule has 40 heavy (non-hydrogen) atoms. The number of likely N-dealkylation sites (N-methyl/N-ethyl adjacent to an activating group) is 1. The second-order valence-corrected chi connectivity index (χ2v) is 10.5. The number of hydrogen-bond acceptors (Lipinski definition) is 6. The van der Waals surface area contributed by atoms with Gasteiger partial charge in [0.1, 0.15) is 18.5 Å². The highest BCUT2D eigenvalue weighted by molar-refractivity contribution is 6.30. The van der Waals surface area contributed by atoms with Crippen molar-refractivity contribution < 1.29 is 23.9 Å². The molecule has 0 aliphatic carbocycles. The van der Waals surface area contributed by atoms with Crippen molar-refractivity contribution in [1.29, 1.82) is 0 Å². The molecule has 2 aliphatic rings. The monoisotopic (exact) mass is 566 g/mol. The maximum Gasteiger partial charge on any atom is 0.323 e. The van der Waals surface area contributed by atoms with Crippen LogP contribution in [0.3, 0.4) is 0 Å². The van der Waals surface area contributed by atoms with Crippen LogP contribution in [0.25, 0.3) is 0 Å². The number of anilines is 3. The molecule has 0 radical (unpaired) electrons. The first kappa shape index (κ1) is 27.5. The Hall–Kier alpha value is -4.09. The smallest absolute Gasteiger partial charge is 0.323 e. The number of halogens is 1. The summed E-state index contributed by atoms with van der Waals surface area (Å²) < 4.78 is 13.9. The molecule has 210 valence electrons. The van der Waals surface area contributed by atoms with E-state index in [2.05, 4.69) is 21.0 Å². The van der Waals surface area contributed by atoms with Crippen molar-refractivity contribution in [3.63, 3.8) is 0 Å². The molecule has 3 heterocycles. The molecule has 12 heteroatoms. The van der Waals surface area contributed by atoms with Crippen LogP contribution in [0.4, 0.5) is 21.9 Å². The van der Waals surface area contributed by atoms with Gasteiger partial charge < -0.3 is 30.3 Å².